The van der Waals surface area contributed by atoms with Gasteiger partial charge in [-0.1, -0.05) is 35.9 Å². The summed E-state index contributed by atoms with van der Waals surface area (Å²) >= 11 is 0. The number of ether oxygens (including phenoxy) is 1. The molecule has 0 radical (unpaired) electrons. The molecule has 3 heteroatoms. The number of benzene rings is 2. The third kappa shape index (κ3) is 2.04. The van der Waals surface area contributed by atoms with Crippen molar-refractivity contribution in [1.82, 2.24) is 0 Å². The normalized spacial score (nSPS) is 19.1. The van der Waals surface area contributed by atoms with Gasteiger partial charge in [0.05, 0.1) is 25.2 Å². The molecule has 2 aromatic rings. The van der Waals surface area contributed by atoms with Gasteiger partial charge in [-0.05, 0) is 29.3 Å². The van der Waals surface area contributed by atoms with Gasteiger partial charge in [0, 0.05) is 6.04 Å². The fourth-order valence-corrected chi connectivity index (χ4v) is 2.66. The van der Waals surface area contributed by atoms with Crippen molar-refractivity contribution in [3.05, 3.63) is 47.5 Å². The van der Waals surface area contributed by atoms with Crippen molar-refractivity contribution in [3.63, 3.8) is 0 Å². The fourth-order valence-electron chi connectivity index (χ4n) is 2.66. The van der Waals surface area contributed by atoms with Gasteiger partial charge in [-0.15, -0.1) is 0 Å². The van der Waals surface area contributed by atoms with Crippen molar-refractivity contribution >= 4 is 10.8 Å². The lowest BCUT2D eigenvalue weighted by Crippen LogP contribution is -2.52. The number of aryl methyl sites for hydroxylation is 1. The number of hydrogen-bond acceptors (Lipinski definition) is 3. The molecule has 1 atom stereocenters. The number of fused-ring (bicyclic) bond motifs is 1. The molecular weight excluding hydrogens is 238 g/mol. The zero-order valence-corrected chi connectivity index (χ0v) is 11.1. The van der Waals surface area contributed by atoms with E-state index in [9.17, 15) is 5.11 Å². The van der Waals surface area contributed by atoms with Gasteiger partial charge >= 0.3 is 0 Å². The summed E-state index contributed by atoms with van der Waals surface area (Å²) in [6, 6.07) is 12.5. The van der Waals surface area contributed by atoms with E-state index in [1.807, 2.05) is 0 Å². The lowest BCUT2D eigenvalue weighted by Gasteiger charge is -2.44. The number of aliphatic hydroxyl groups is 1. The average molecular weight is 257 g/mol. The zero-order valence-electron chi connectivity index (χ0n) is 11.1. The molecule has 1 unspecified atom stereocenters. The van der Waals surface area contributed by atoms with E-state index in [-0.39, 0.29) is 18.1 Å². The Kier molecular flexibility index (Phi) is 3.05. The van der Waals surface area contributed by atoms with Gasteiger partial charge in [0.1, 0.15) is 0 Å². The van der Waals surface area contributed by atoms with Crippen molar-refractivity contribution < 1.29 is 9.84 Å². The summed E-state index contributed by atoms with van der Waals surface area (Å²) in [5.41, 5.74) is 8.34. The van der Waals surface area contributed by atoms with Crippen molar-refractivity contribution in [3.8, 4) is 0 Å². The van der Waals surface area contributed by atoms with E-state index in [1.165, 1.54) is 16.3 Å². The quantitative estimate of drug-likeness (QED) is 0.886. The lowest BCUT2D eigenvalue weighted by atomic mass is 9.76. The molecule has 19 heavy (non-hydrogen) atoms. The van der Waals surface area contributed by atoms with Gasteiger partial charge in [-0.2, -0.15) is 0 Å². The minimum absolute atomic E-state index is 0.0695. The lowest BCUT2D eigenvalue weighted by molar-refractivity contribution is -0.150. The van der Waals surface area contributed by atoms with Crippen LogP contribution in [0.5, 0.6) is 0 Å². The third-order valence-corrected chi connectivity index (χ3v) is 4.13. The summed E-state index contributed by atoms with van der Waals surface area (Å²) in [7, 11) is 0. The Morgan fingerprint density at radius 3 is 2.53 bits per heavy atom. The van der Waals surface area contributed by atoms with Crippen molar-refractivity contribution in [1.29, 1.82) is 0 Å². The van der Waals surface area contributed by atoms with Gasteiger partial charge < -0.3 is 15.6 Å². The van der Waals surface area contributed by atoms with Crippen LogP contribution in [0.1, 0.15) is 17.2 Å². The van der Waals surface area contributed by atoms with Crippen LogP contribution in [0.3, 0.4) is 0 Å². The molecule has 0 saturated carbocycles. The largest absolute Gasteiger partial charge is 0.396 e. The molecule has 100 valence electrons. The molecule has 1 heterocycles. The molecular formula is C16H19NO2. The van der Waals surface area contributed by atoms with Gasteiger partial charge in [0.2, 0.25) is 0 Å². The van der Waals surface area contributed by atoms with Gasteiger partial charge in [-0.3, -0.25) is 0 Å². The van der Waals surface area contributed by atoms with Crippen LogP contribution in [0.25, 0.3) is 10.8 Å². The van der Waals surface area contributed by atoms with Crippen LogP contribution in [0, 0.1) is 12.3 Å². The molecule has 3 N–H and O–H groups in total. The summed E-state index contributed by atoms with van der Waals surface area (Å²) in [6.07, 6.45) is 0. The summed E-state index contributed by atoms with van der Waals surface area (Å²) < 4.78 is 5.23. The number of aliphatic hydroxyl groups excluding tert-OH is 1. The monoisotopic (exact) mass is 257 g/mol. The van der Waals surface area contributed by atoms with Crippen molar-refractivity contribution in [2.75, 3.05) is 19.8 Å². The Morgan fingerprint density at radius 1 is 1.21 bits per heavy atom. The maximum Gasteiger partial charge on any atom is 0.0594 e. The smallest absolute Gasteiger partial charge is 0.0594 e. The number of hydrogen-bond donors (Lipinski definition) is 2. The van der Waals surface area contributed by atoms with Crippen LogP contribution in [0.2, 0.25) is 0 Å². The minimum Gasteiger partial charge on any atom is -0.396 e. The maximum atomic E-state index is 9.56. The second-order valence-electron chi connectivity index (χ2n) is 5.60. The van der Waals surface area contributed by atoms with E-state index < -0.39 is 0 Å². The second kappa shape index (κ2) is 4.60. The van der Waals surface area contributed by atoms with Crippen molar-refractivity contribution in [2.45, 2.75) is 13.0 Å². The third-order valence-electron chi connectivity index (χ3n) is 4.13. The Balaban J connectivity index is 1.99. The molecule has 2 aromatic carbocycles. The first kappa shape index (κ1) is 12.6. The number of rotatable bonds is 3. The first-order valence-electron chi connectivity index (χ1n) is 6.59. The van der Waals surface area contributed by atoms with E-state index in [0.717, 1.165) is 5.56 Å². The molecule has 0 bridgehead atoms. The van der Waals surface area contributed by atoms with Crippen LogP contribution in [0.4, 0.5) is 0 Å². The predicted octanol–water partition coefficient (Wildman–Crippen LogP) is 2.16. The highest BCUT2D eigenvalue weighted by molar-refractivity contribution is 5.83. The molecule has 1 aliphatic rings. The Morgan fingerprint density at radius 2 is 1.89 bits per heavy atom. The van der Waals surface area contributed by atoms with Gasteiger partial charge in [0.25, 0.3) is 0 Å². The molecule has 1 aliphatic heterocycles. The topological polar surface area (TPSA) is 55.5 Å². The summed E-state index contributed by atoms with van der Waals surface area (Å²) in [5, 5.41) is 12.0. The molecule has 0 aliphatic carbocycles. The molecule has 0 amide bonds. The molecule has 3 nitrogen and oxygen atoms in total. The first-order chi connectivity index (χ1) is 9.14. The van der Waals surface area contributed by atoms with Gasteiger partial charge in [0.15, 0.2) is 0 Å². The molecule has 1 saturated heterocycles. The second-order valence-corrected chi connectivity index (χ2v) is 5.60. The summed E-state index contributed by atoms with van der Waals surface area (Å²) in [6.45, 7) is 3.23. The highest BCUT2D eigenvalue weighted by Crippen LogP contribution is 2.39. The van der Waals surface area contributed by atoms with Crippen LogP contribution in [0.15, 0.2) is 36.4 Å². The predicted molar refractivity (Wildman–Crippen MR) is 76.0 cm³/mol. The van der Waals surface area contributed by atoms with Crippen LogP contribution >= 0.6 is 0 Å². The Bertz CT molecular complexity index is 599. The molecule has 1 fully saturated rings. The first-order valence-corrected chi connectivity index (χ1v) is 6.59. The summed E-state index contributed by atoms with van der Waals surface area (Å²) in [5.74, 6) is 0. The zero-order chi connectivity index (χ0) is 13.5. The maximum absolute atomic E-state index is 9.56. The van der Waals surface area contributed by atoms with Crippen LogP contribution in [-0.4, -0.2) is 24.9 Å². The average Bonchev–Trinajstić information content (AvgIpc) is 2.37. The molecule has 0 aromatic heterocycles. The highest BCUT2D eigenvalue weighted by Gasteiger charge is 2.44. The van der Waals surface area contributed by atoms with E-state index in [4.69, 9.17) is 10.5 Å². The van der Waals surface area contributed by atoms with E-state index in [0.29, 0.717) is 13.2 Å². The van der Waals surface area contributed by atoms with Gasteiger partial charge in [-0.25, -0.2) is 0 Å². The van der Waals surface area contributed by atoms with E-state index in [2.05, 4.69) is 43.3 Å². The molecule has 0 spiro atoms. The van der Waals surface area contributed by atoms with Crippen LogP contribution < -0.4 is 5.73 Å². The van der Waals surface area contributed by atoms with E-state index >= 15 is 0 Å². The van der Waals surface area contributed by atoms with Crippen LogP contribution in [-0.2, 0) is 4.74 Å². The summed E-state index contributed by atoms with van der Waals surface area (Å²) in [4.78, 5) is 0. The molecule has 3 rings (SSSR count). The SMILES string of the molecule is Cc1ccc2cc(C(N)C3(CO)COC3)ccc2c1. The van der Waals surface area contributed by atoms with Crippen molar-refractivity contribution in [2.24, 2.45) is 11.1 Å². The number of nitrogens with two attached hydrogens (primary N) is 1. The highest BCUT2D eigenvalue weighted by atomic mass is 16.5. The van der Waals surface area contributed by atoms with E-state index in [1.54, 1.807) is 0 Å². The minimum atomic E-state index is -0.307. The Hall–Kier alpha value is -1.42. The Labute approximate surface area is 113 Å². The standard InChI is InChI=1S/C16H19NO2/c1-11-2-3-13-7-14(5-4-12(13)6-11)15(17)16(8-18)9-19-10-16/h2-7,15,18H,8-10,17H2,1H3. The fraction of sp³-hybridized carbons (Fsp3) is 0.375.